The van der Waals surface area contributed by atoms with Crippen molar-refractivity contribution in [3.05, 3.63) is 18.5 Å². The zero-order valence-electron chi connectivity index (χ0n) is 14.1. The Hall–Kier alpha value is -1.69. The fourth-order valence-corrected chi connectivity index (χ4v) is 2.75. The maximum Gasteiger partial charge on any atom is 0.244 e. The molecule has 1 aromatic heterocycles. The van der Waals surface area contributed by atoms with Crippen LogP contribution in [0.2, 0.25) is 0 Å². The molecule has 1 amide bonds. The van der Waals surface area contributed by atoms with Crippen molar-refractivity contribution < 1.29 is 9.53 Å². The predicted molar refractivity (Wildman–Crippen MR) is 105 cm³/mol. The first-order chi connectivity index (χ1) is 11.7. The third-order valence-electron chi connectivity index (χ3n) is 4.18. The van der Waals surface area contributed by atoms with Crippen LogP contribution in [-0.4, -0.2) is 90.7 Å². The van der Waals surface area contributed by atoms with Gasteiger partial charge in [0.05, 0.1) is 13.2 Å². The van der Waals surface area contributed by atoms with Crippen LogP contribution in [0.5, 0.6) is 0 Å². The summed E-state index contributed by atoms with van der Waals surface area (Å²) >= 11 is 0. The van der Waals surface area contributed by atoms with Crippen LogP contribution in [0.1, 0.15) is 0 Å². The summed E-state index contributed by atoms with van der Waals surface area (Å²) in [6, 6.07) is 1.80. The second-order valence-corrected chi connectivity index (χ2v) is 5.69. The molecule has 0 bridgehead atoms. The summed E-state index contributed by atoms with van der Waals surface area (Å²) in [5.74, 6) is 1.15. The fraction of sp³-hybridized carbons (Fsp3) is 0.600. The van der Waals surface area contributed by atoms with Crippen molar-refractivity contribution in [2.45, 2.75) is 0 Å². The summed E-state index contributed by atoms with van der Waals surface area (Å²) in [5, 5.41) is 0. The smallest absolute Gasteiger partial charge is 0.244 e. The maximum absolute atomic E-state index is 12.1. The van der Waals surface area contributed by atoms with Gasteiger partial charge in [-0.15, -0.1) is 24.0 Å². The number of ether oxygens (including phenoxy) is 1. The van der Waals surface area contributed by atoms with Crippen LogP contribution in [0.25, 0.3) is 0 Å². The molecule has 2 N–H and O–H groups in total. The molecule has 2 aliphatic rings. The number of hydrogen-bond donors (Lipinski definition) is 1. The fourth-order valence-electron chi connectivity index (χ4n) is 2.75. The van der Waals surface area contributed by atoms with Gasteiger partial charge in [0.2, 0.25) is 11.9 Å². The zero-order valence-corrected chi connectivity index (χ0v) is 16.4. The third kappa shape index (κ3) is 5.39. The van der Waals surface area contributed by atoms with Gasteiger partial charge >= 0.3 is 0 Å². The van der Waals surface area contributed by atoms with E-state index in [1.165, 1.54) is 0 Å². The monoisotopic (exact) mass is 461 g/mol. The summed E-state index contributed by atoms with van der Waals surface area (Å²) in [4.78, 5) is 30.7. The summed E-state index contributed by atoms with van der Waals surface area (Å²) in [5.41, 5.74) is 6.04. The molecule has 3 rings (SSSR count). The molecule has 0 atom stereocenters. The van der Waals surface area contributed by atoms with E-state index in [2.05, 4.69) is 19.9 Å². The van der Waals surface area contributed by atoms with E-state index in [-0.39, 0.29) is 36.4 Å². The van der Waals surface area contributed by atoms with Gasteiger partial charge in [0.25, 0.3) is 0 Å². The lowest BCUT2D eigenvalue weighted by atomic mass is 10.3. The van der Waals surface area contributed by atoms with Crippen LogP contribution >= 0.6 is 24.0 Å². The van der Waals surface area contributed by atoms with Gasteiger partial charge in [0.15, 0.2) is 5.96 Å². The average molecular weight is 461 g/mol. The number of piperazine rings is 1. The first-order valence-corrected chi connectivity index (χ1v) is 8.16. The van der Waals surface area contributed by atoms with Crippen LogP contribution in [-0.2, 0) is 9.53 Å². The van der Waals surface area contributed by atoms with Crippen molar-refractivity contribution >= 4 is 41.8 Å². The van der Waals surface area contributed by atoms with E-state index in [1.54, 1.807) is 23.4 Å². The Morgan fingerprint density at radius 2 is 1.72 bits per heavy atom. The highest BCUT2D eigenvalue weighted by Crippen LogP contribution is 2.09. The molecule has 10 heteroatoms. The van der Waals surface area contributed by atoms with E-state index in [9.17, 15) is 4.79 Å². The molecule has 2 saturated heterocycles. The molecule has 2 aliphatic heterocycles. The molecule has 3 heterocycles. The second kappa shape index (κ2) is 9.70. The third-order valence-corrected chi connectivity index (χ3v) is 4.18. The summed E-state index contributed by atoms with van der Waals surface area (Å²) in [7, 11) is 0. The SMILES string of the molecule is I.NC(=NCC(=O)N1CCOCC1)N1CCN(c2ncccn2)CC1. The van der Waals surface area contributed by atoms with E-state index in [1.807, 2.05) is 4.90 Å². The van der Waals surface area contributed by atoms with Gasteiger partial charge in [0.1, 0.15) is 6.54 Å². The lowest BCUT2D eigenvalue weighted by Crippen LogP contribution is -2.52. The first-order valence-electron chi connectivity index (χ1n) is 8.16. The minimum absolute atomic E-state index is 0. The van der Waals surface area contributed by atoms with E-state index < -0.39 is 0 Å². The molecule has 9 nitrogen and oxygen atoms in total. The van der Waals surface area contributed by atoms with Crippen molar-refractivity contribution in [2.24, 2.45) is 10.7 Å². The normalized spacial score (nSPS) is 18.7. The van der Waals surface area contributed by atoms with Crippen molar-refractivity contribution in [3.8, 4) is 0 Å². The molecule has 25 heavy (non-hydrogen) atoms. The Kier molecular flexibility index (Phi) is 7.62. The highest BCUT2D eigenvalue weighted by atomic mass is 127. The van der Waals surface area contributed by atoms with Gasteiger partial charge in [-0.3, -0.25) is 4.79 Å². The number of carbonyl (C=O) groups is 1. The number of guanidine groups is 1. The molecule has 0 radical (unpaired) electrons. The Bertz CT molecular complexity index is 573. The number of amides is 1. The quantitative estimate of drug-likeness (QED) is 0.364. The van der Waals surface area contributed by atoms with Crippen LogP contribution in [0, 0.1) is 0 Å². The van der Waals surface area contributed by atoms with E-state index >= 15 is 0 Å². The van der Waals surface area contributed by atoms with Crippen molar-refractivity contribution in [1.29, 1.82) is 0 Å². The minimum atomic E-state index is -0.00225. The van der Waals surface area contributed by atoms with Crippen LogP contribution in [0.15, 0.2) is 23.5 Å². The average Bonchev–Trinajstić information content (AvgIpc) is 2.67. The highest BCUT2D eigenvalue weighted by Gasteiger charge is 2.21. The highest BCUT2D eigenvalue weighted by molar-refractivity contribution is 14.0. The van der Waals surface area contributed by atoms with Gasteiger partial charge < -0.3 is 25.2 Å². The van der Waals surface area contributed by atoms with Gasteiger partial charge in [-0.1, -0.05) is 0 Å². The lowest BCUT2D eigenvalue weighted by molar-refractivity contribution is -0.133. The topological polar surface area (TPSA) is 100 Å². The lowest BCUT2D eigenvalue weighted by Gasteiger charge is -2.35. The maximum atomic E-state index is 12.1. The van der Waals surface area contributed by atoms with Crippen molar-refractivity contribution in [3.63, 3.8) is 0 Å². The molecular formula is C15H24IN7O2. The van der Waals surface area contributed by atoms with Gasteiger partial charge in [-0.05, 0) is 6.07 Å². The number of anilines is 1. The number of nitrogens with two attached hydrogens (primary N) is 1. The number of hydrogen-bond acceptors (Lipinski definition) is 6. The van der Waals surface area contributed by atoms with E-state index in [0.29, 0.717) is 32.3 Å². The van der Waals surface area contributed by atoms with Crippen LogP contribution in [0.4, 0.5) is 5.95 Å². The summed E-state index contributed by atoms with van der Waals surface area (Å²) in [6.07, 6.45) is 3.48. The number of halogens is 1. The van der Waals surface area contributed by atoms with Crippen molar-refractivity contribution in [1.82, 2.24) is 19.8 Å². The minimum Gasteiger partial charge on any atom is -0.378 e. The first kappa shape index (κ1) is 19.6. The molecule has 0 aromatic carbocycles. The van der Waals surface area contributed by atoms with Gasteiger partial charge in [0, 0.05) is 51.7 Å². The van der Waals surface area contributed by atoms with E-state index in [0.717, 1.165) is 32.1 Å². The largest absolute Gasteiger partial charge is 0.378 e. The molecule has 1 aromatic rings. The number of aliphatic imine (C=N–C) groups is 1. The Balaban J connectivity index is 0.00000225. The Morgan fingerprint density at radius 3 is 2.36 bits per heavy atom. The summed E-state index contributed by atoms with van der Waals surface area (Å²) in [6.45, 7) is 5.55. The second-order valence-electron chi connectivity index (χ2n) is 5.69. The van der Waals surface area contributed by atoms with Gasteiger partial charge in [-0.2, -0.15) is 0 Å². The number of morpholine rings is 1. The Morgan fingerprint density at radius 1 is 1.08 bits per heavy atom. The number of carbonyl (C=O) groups excluding carboxylic acids is 1. The van der Waals surface area contributed by atoms with Crippen LogP contribution < -0.4 is 10.6 Å². The van der Waals surface area contributed by atoms with E-state index in [4.69, 9.17) is 10.5 Å². The molecular weight excluding hydrogens is 437 g/mol. The molecule has 0 unspecified atom stereocenters. The predicted octanol–water partition coefficient (Wildman–Crippen LogP) is -0.610. The zero-order chi connectivity index (χ0) is 16.8. The number of aromatic nitrogens is 2. The standard InChI is InChI=1S/C15H23N7O2.HI/c16-14(19-12-13(23)20-8-10-24-11-9-20)21-4-6-22(7-5-21)15-17-2-1-3-18-15;/h1-3H,4-12H2,(H2,16,19);1H. The summed E-state index contributed by atoms with van der Waals surface area (Å²) < 4.78 is 5.24. The molecule has 2 fully saturated rings. The number of nitrogens with zero attached hydrogens (tertiary/aromatic N) is 6. The van der Waals surface area contributed by atoms with Crippen LogP contribution in [0.3, 0.4) is 0 Å². The molecule has 138 valence electrons. The van der Waals surface area contributed by atoms with Crippen molar-refractivity contribution in [2.75, 3.05) is 63.9 Å². The number of rotatable bonds is 3. The Labute approximate surface area is 164 Å². The molecule has 0 spiro atoms. The van der Waals surface area contributed by atoms with Gasteiger partial charge in [-0.25, -0.2) is 15.0 Å². The molecule has 0 aliphatic carbocycles. The molecule has 0 saturated carbocycles.